The van der Waals surface area contributed by atoms with Gasteiger partial charge >= 0.3 is 5.97 Å². The second kappa shape index (κ2) is 7.12. The molecule has 0 saturated carbocycles. The molecule has 0 aliphatic rings. The van der Waals surface area contributed by atoms with Crippen LogP contribution in [0.15, 0.2) is 24.3 Å². The lowest BCUT2D eigenvalue weighted by molar-refractivity contribution is -0.134. The van der Waals surface area contributed by atoms with Crippen LogP contribution < -0.4 is 4.74 Å². The van der Waals surface area contributed by atoms with Gasteiger partial charge < -0.3 is 9.84 Å². The average molecular weight is 243 g/mol. The Morgan fingerprint density at radius 3 is 2.69 bits per heavy atom. The van der Waals surface area contributed by atoms with Crippen LogP contribution in [0.3, 0.4) is 0 Å². The van der Waals surface area contributed by atoms with Crippen molar-refractivity contribution in [3.63, 3.8) is 0 Å². The van der Waals surface area contributed by atoms with Crippen molar-refractivity contribution in [3.05, 3.63) is 24.3 Å². The number of para-hydroxylation sites is 2. The van der Waals surface area contributed by atoms with Gasteiger partial charge in [0, 0.05) is 12.3 Å². The molecule has 0 bridgehead atoms. The van der Waals surface area contributed by atoms with Crippen LogP contribution in [-0.2, 0) is 4.79 Å². The summed E-state index contributed by atoms with van der Waals surface area (Å²) < 4.78 is 5.00. The molecule has 0 aromatic heterocycles. The van der Waals surface area contributed by atoms with Gasteiger partial charge in [0.1, 0.15) is 0 Å². The lowest BCUT2D eigenvalue weighted by Gasteiger charge is -2.05. The standard InChI is InChI=1S/C12H15ClO3/c13-9-5-1-2-8-12(15)16-11-7-4-3-6-10(11)14/h3-4,6-7,14H,1-2,5,8-9H2. The molecule has 0 fully saturated rings. The van der Waals surface area contributed by atoms with Crippen LogP contribution in [-0.4, -0.2) is 17.0 Å². The molecule has 1 aromatic rings. The van der Waals surface area contributed by atoms with E-state index in [1.807, 2.05) is 0 Å². The molecule has 1 rings (SSSR count). The van der Waals surface area contributed by atoms with Crippen LogP contribution >= 0.6 is 11.6 Å². The fourth-order valence-electron chi connectivity index (χ4n) is 1.26. The Hall–Kier alpha value is -1.22. The molecule has 4 heteroatoms. The van der Waals surface area contributed by atoms with Crippen molar-refractivity contribution >= 4 is 17.6 Å². The normalized spacial score (nSPS) is 10.1. The van der Waals surface area contributed by atoms with E-state index in [1.54, 1.807) is 18.2 Å². The molecule has 1 aromatic carbocycles. The third-order valence-corrected chi connectivity index (χ3v) is 2.37. The van der Waals surface area contributed by atoms with E-state index in [0.717, 1.165) is 19.3 Å². The Morgan fingerprint density at radius 2 is 2.00 bits per heavy atom. The number of carbonyl (C=O) groups excluding carboxylic acids is 1. The summed E-state index contributed by atoms with van der Waals surface area (Å²) in [5.74, 6) is 0.492. The summed E-state index contributed by atoms with van der Waals surface area (Å²) in [4.78, 5) is 11.4. The number of hydrogen-bond donors (Lipinski definition) is 1. The predicted octanol–water partition coefficient (Wildman–Crippen LogP) is 3.10. The van der Waals surface area contributed by atoms with Crippen molar-refractivity contribution in [2.45, 2.75) is 25.7 Å². The largest absolute Gasteiger partial charge is 0.504 e. The monoisotopic (exact) mass is 242 g/mol. The second-order valence-electron chi connectivity index (χ2n) is 3.44. The summed E-state index contributed by atoms with van der Waals surface area (Å²) in [5, 5.41) is 9.37. The Kier molecular flexibility index (Phi) is 5.72. The first kappa shape index (κ1) is 12.8. The quantitative estimate of drug-likeness (QED) is 0.361. The molecule has 0 spiro atoms. The summed E-state index contributed by atoms with van der Waals surface area (Å²) >= 11 is 5.52. The van der Waals surface area contributed by atoms with Crippen molar-refractivity contribution in [2.75, 3.05) is 5.88 Å². The first-order valence-electron chi connectivity index (χ1n) is 5.28. The zero-order chi connectivity index (χ0) is 11.8. The number of ether oxygens (including phenoxy) is 1. The summed E-state index contributed by atoms with van der Waals surface area (Å²) in [6.45, 7) is 0. The molecule has 0 atom stereocenters. The van der Waals surface area contributed by atoms with Gasteiger partial charge in [-0.3, -0.25) is 4.79 Å². The molecular formula is C12H15ClO3. The molecule has 0 unspecified atom stereocenters. The average Bonchev–Trinajstić information content (AvgIpc) is 2.28. The molecule has 0 amide bonds. The van der Waals surface area contributed by atoms with Gasteiger partial charge in [-0.25, -0.2) is 0 Å². The molecule has 16 heavy (non-hydrogen) atoms. The first-order valence-corrected chi connectivity index (χ1v) is 5.82. The Labute approximate surface area is 100.0 Å². The topological polar surface area (TPSA) is 46.5 Å². The van der Waals surface area contributed by atoms with Gasteiger partial charge in [0.05, 0.1) is 0 Å². The summed E-state index contributed by atoms with van der Waals surface area (Å²) in [6.07, 6.45) is 2.94. The number of unbranched alkanes of at least 4 members (excludes halogenated alkanes) is 2. The highest BCUT2D eigenvalue weighted by Crippen LogP contribution is 2.24. The maximum atomic E-state index is 11.4. The van der Waals surface area contributed by atoms with E-state index in [1.165, 1.54) is 6.07 Å². The van der Waals surface area contributed by atoms with Crippen molar-refractivity contribution in [3.8, 4) is 11.5 Å². The maximum Gasteiger partial charge on any atom is 0.311 e. The van der Waals surface area contributed by atoms with Crippen LogP contribution in [0, 0.1) is 0 Å². The van der Waals surface area contributed by atoms with Crippen molar-refractivity contribution in [2.24, 2.45) is 0 Å². The number of phenols is 1. The highest BCUT2D eigenvalue weighted by molar-refractivity contribution is 6.17. The first-order chi connectivity index (χ1) is 7.74. The number of phenolic OH excluding ortho intramolecular Hbond substituents is 1. The molecule has 0 heterocycles. The van der Waals surface area contributed by atoms with E-state index in [2.05, 4.69) is 0 Å². The van der Waals surface area contributed by atoms with Crippen molar-refractivity contribution < 1.29 is 14.6 Å². The van der Waals surface area contributed by atoms with Gasteiger partial charge in [-0.05, 0) is 25.0 Å². The number of esters is 1. The second-order valence-corrected chi connectivity index (χ2v) is 3.82. The number of alkyl halides is 1. The van der Waals surface area contributed by atoms with Gasteiger partial charge in [0.2, 0.25) is 0 Å². The molecule has 0 aliphatic heterocycles. The number of benzene rings is 1. The third kappa shape index (κ3) is 4.53. The zero-order valence-electron chi connectivity index (χ0n) is 8.99. The van der Waals surface area contributed by atoms with Gasteiger partial charge in [0.25, 0.3) is 0 Å². The van der Waals surface area contributed by atoms with E-state index in [4.69, 9.17) is 16.3 Å². The number of rotatable bonds is 6. The molecule has 3 nitrogen and oxygen atoms in total. The smallest absolute Gasteiger partial charge is 0.311 e. The Balaban J connectivity index is 2.32. The number of hydrogen-bond acceptors (Lipinski definition) is 3. The molecule has 1 N–H and O–H groups in total. The van der Waals surface area contributed by atoms with Gasteiger partial charge in [-0.1, -0.05) is 18.6 Å². The summed E-state index contributed by atoms with van der Waals surface area (Å²) in [5.41, 5.74) is 0. The van der Waals surface area contributed by atoms with Crippen LogP contribution in [0.25, 0.3) is 0 Å². The SMILES string of the molecule is O=C(CCCCCCl)Oc1ccccc1O. The van der Waals surface area contributed by atoms with Crippen LogP contribution in [0.1, 0.15) is 25.7 Å². The summed E-state index contributed by atoms with van der Waals surface area (Å²) in [7, 11) is 0. The van der Waals surface area contributed by atoms with E-state index >= 15 is 0 Å². The van der Waals surface area contributed by atoms with Crippen LogP contribution in [0.5, 0.6) is 11.5 Å². The Bertz CT molecular complexity index is 339. The predicted molar refractivity (Wildman–Crippen MR) is 62.9 cm³/mol. The van der Waals surface area contributed by atoms with Gasteiger partial charge in [0.15, 0.2) is 11.5 Å². The molecule has 0 radical (unpaired) electrons. The van der Waals surface area contributed by atoms with Crippen LogP contribution in [0.4, 0.5) is 0 Å². The maximum absolute atomic E-state index is 11.4. The molecular weight excluding hydrogens is 228 g/mol. The fourth-order valence-corrected chi connectivity index (χ4v) is 1.45. The Morgan fingerprint density at radius 1 is 1.25 bits per heavy atom. The minimum Gasteiger partial charge on any atom is -0.504 e. The van der Waals surface area contributed by atoms with Crippen LogP contribution in [0.2, 0.25) is 0 Å². The number of halogens is 1. The highest BCUT2D eigenvalue weighted by Gasteiger charge is 2.07. The lowest BCUT2D eigenvalue weighted by Crippen LogP contribution is -2.07. The number of carbonyl (C=O) groups is 1. The van der Waals surface area contributed by atoms with Crippen molar-refractivity contribution in [1.82, 2.24) is 0 Å². The molecule has 88 valence electrons. The highest BCUT2D eigenvalue weighted by atomic mass is 35.5. The summed E-state index contributed by atoms with van der Waals surface area (Å²) in [6, 6.07) is 6.42. The zero-order valence-corrected chi connectivity index (χ0v) is 9.74. The van der Waals surface area contributed by atoms with Gasteiger partial charge in [-0.2, -0.15) is 0 Å². The fraction of sp³-hybridized carbons (Fsp3) is 0.417. The minimum absolute atomic E-state index is 0.0170. The van der Waals surface area contributed by atoms with Gasteiger partial charge in [-0.15, -0.1) is 11.6 Å². The third-order valence-electron chi connectivity index (χ3n) is 2.10. The van der Waals surface area contributed by atoms with E-state index in [9.17, 15) is 9.90 Å². The minimum atomic E-state index is -0.323. The lowest BCUT2D eigenvalue weighted by atomic mass is 10.2. The molecule has 0 aliphatic carbocycles. The molecule has 0 saturated heterocycles. The van der Waals surface area contributed by atoms with E-state index < -0.39 is 0 Å². The number of aromatic hydroxyl groups is 1. The van der Waals surface area contributed by atoms with E-state index in [0.29, 0.717) is 12.3 Å². The van der Waals surface area contributed by atoms with E-state index in [-0.39, 0.29) is 17.5 Å². The van der Waals surface area contributed by atoms with Crippen molar-refractivity contribution in [1.29, 1.82) is 0 Å².